The summed E-state index contributed by atoms with van der Waals surface area (Å²) in [5, 5.41) is 2.98. The van der Waals surface area contributed by atoms with Gasteiger partial charge in [-0.1, -0.05) is 46.3 Å². The zero-order chi connectivity index (χ0) is 14.6. The lowest BCUT2D eigenvalue weighted by atomic mass is 9.79. The largest absolute Gasteiger partial charge is 0.461 e. The van der Waals surface area contributed by atoms with E-state index in [1.165, 1.54) is 0 Å². The molecule has 3 aliphatic rings. The molecule has 2 bridgehead atoms. The van der Waals surface area contributed by atoms with Crippen molar-refractivity contribution in [3.05, 3.63) is 35.9 Å². The molecule has 1 N–H and O–H groups in total. The maximum absolute atomic E-state index is 12.5. The Labute approximate surface area is 131 Å². The van der Waals surface area contributed by atoms with E-state index >= 15 is 0 Å². The standard InChI is InChI=1S/C16H16BrNO3/c17-13-9-6-10-12(16(20)21-14(10)13)11(9)15(19)18-7-8-4-2-1-3-5-8/h1-5,9-14H,6-7H2,(H,18,19)/t9-,10-,11-,12+,13+,14+/m1/s1. The summed E-state index contributed by atoms with van der Waals surface area (Å²) in [6.45, 7) is 0.506. The number of ether oxygens (including phenoxy) is 1. The van der Waals surface area contributed by atoms with Gasteiger partial charge < -0.3 is 10.1 Å². The molecular weight excluding hydrogens is 334 g/mol. The van der Waals surface area contributed by atoms with E-state index in [-0.39, 0.29) is 46.5 Å². The summed E-state index contributed by atoms with van der Waals surface area (Å²) in [6.07, 6.45) is 0.895. The molecule has 0 unspecified atom stereocenters. The molecule has 3 fully saturated rings. The summed E-state index contributed by atoms with van der Waals surface area (Å²) in [5.41, 5.74) is 1.07. The van der Waals surface area contributed by atoms with E-state index in [1.807, 2.05) is 30.3 Å². The number of hydrogen-bond donors (Lipinski definition) is 1. The molecule has 0 radical (unpaired) electrons. The van der Waals surface area contributed by atoms with Crippen molar-refractivity contribution in [2.45, 2.75) is 23.9 Å². The van der Waals surface area contributed by atoms with Crippen molar-refractivity contribution in [2.24, 2.45) is 23.7 Å². The van der Waals surface area contributed by atoms with Crippen molar-refractivity contribution in [2.75, 3.05) is 0 Å². The highest BCUT2D eigenvalue weighted by Crippen LogP contribution is 2.59. The smallest absolute Gasteiger partial charge is 0.310 e. The van der Waals surface area contributed by atoms with E-state index in [9.17, 15) is 9.59 Å². The van der Waals surface area contributed by atoms with Crippen molar-refractivity contribution in [1.29, 1.82) is 0 Å². The number of alkyl halides is 1. The highest BCUT2D eigenvalue weighted by molar-refractivity contribution is 9.09. The van der Waals surface area contributed by atoms with Crippen LogP contribution in [-0.2, 0) is 20.9 Å². The van der Waals surface area contributed by atoms with Gasteiger partial charge in [0.25, 0.3) is 0 Å². The third-order valence-corrected chi connectivity index (χ3v) is 6.34. The van der Waals surface area contributed by atoms with Crippen LogP contribution in [0.5, 0.6) is 0 Å². The number of fused-ring (bicyclic) bond motifs is 1. The zero-order valence-corrected chi connectivity index (χ0v) is 13.0. The summed E-state index contributed by atoms with van der Waals surface area (Å²) in [6, 6.07) is 9.81. The molecule has 1 aromatic rings. The van der Waals surface area contributed by atoms with Crippen LogP contribution >= 0.6 is 15.9 Å². The highest BCUT2D eigenvalue weighted by Gasteiger charge is 2.67. The molecule has 0 spiro atoms. The van der Waals surface area contributed by atoms with E-state index in [4.69, 9.17) is 4.74 Å². The van der Waals surface area contributed by atoms with Crippen LogP contribution in [0, 0.1) is 23.7 Å². The van der Waals surface area contributed by atoms with E-state index in [1.54, 1.807) is 0 Å². The van der Waals surface area contributed by atoms with Crippen LogP contribution in [0.2, 0.25) is 0 Å². The molecule has 1 amide bonds. The lowest BCUT2D eigenvalue weighted by Crippen LogP contribution is -2.43. The second-order valence-corrected chi connectivity index (χ2v) is 7.22. The third kappa shape index (κ3) is 1.94. The summed E-state index contributed by atoms with van der Waals surface area (Å²) in [4.78, 5) is 24.7. The van der Waals surface area contributed by atoms with E-state index in [0.29, 0.717) is 6.54 Å². The van der Waals surface area contributed by atoms with Gasteiger partial charge in [-0.15, -0.1) is 0 Å². The number of halogens is 1. The molecule has 0 aromatic heterocycles. The number of carbonyl (C=O) groups excluding carboxylic acids is 2. The predicted octanol–water partition coefficient (Wildman–Crippen LogP) is 1.87. The number of hydrogen-bond acceptors (Lipinski definition) is 3. The van der Waals surface area contributed by atoms with E-state index in [0.717, 1.165) is 12.0 Å². The average Bonchev–Trinajstić information content (AvgIpc) is 3.10. The Morgan fingerprint density at radius 1 is 1.29 bits per heavy atom. The van der Waals surface area contributed by atoms with Gasteiger partial charge in [-0.2, -0.15) is 0 Å². The number of benzene rings is 1. The first-order valence-corrected chi connectivity index (χ1v) is 8.24. The molecule has 2 aliphatic carbocycles. The number of amides is 1. The topological polar surface area (TPSA) is 55.4 Å². The fraction of sp³-hybridized carbons (Fsp3) is 0.500. The minimum absolute atomic E-state index is 0.0156. The molecule has 1 saturated heterocycles. The monoisotopic (exact) mass is 349 g/mol. The maximum Gasteiger partial charge on any atom is 0.310 e. The second kappa shape index (κ2) is 4.83. The minimum atomic E-state index is -0.241. The molecule has 1 aromatic carbocycles. The Morgan fingerprint density at radius 3 is 2.81 bits per heavy atom. The third-order valence-electron chi connectivity index (χ3n) is 5.14. The van der Waals surface area contributed by atoms with Gasteiger partial charge in [0.2, 0.25) is 5.91 Å². The Balaban J connectivity index is 1.49. The summed E-state index contributed by atoms with van der Waals surface area (Å²) in [5.74, 6) is -0.238. The van der Waals surface area contributed by atoms with E-state index < -0.39 is 0 Å². The Kier molecular flexibility index (Phi) is 3.06. The van der Waals surface area contributed by atoms with Crippen molar-refractivity contribution in [3.63, 3.8) is 0 Å². The highest BCUT2D eigenvalue weighted by atomic mass is 79.9. The molecule has 21 heavy (non-hydrogen) atoms. The Morgan fingerprint density at radius 2 is 2.05 bits per heavy atom. The first kappa shape index (κ1) is 13.3. The molecule has 1 aliphatic heterocycles. The van der Waals surface area contributed by atoms with E-state index in [2.05, 4.69) is 21.2 Å². The van der Waals surface area contributed by atoms with Gasteiger partial charge >= 0.3 is 5.97 Å². The predicted molar refractivity (Wildman–Crippen MR) is 79.5 cm³/mol. The SMILES string of the molecule is O=C(NCc1ccccc1)[C@@H]1[C@H]2C[C@H]3[C@H](OC(=O)[C@@H]31)[C@H]2Br. The summed E-state index contributed by atoms with van der Waals surface area (Å²) < 4.78 is 5.43. The molecule has 6 atom stereocenters. The van der Waals surface area contributed by atoms with Crippen molar-refractivity contribution in [1.82, 2.24) is 5.32 Å². The number of esters is 1. The quantitative estimate of drug-likeness (QED) is 0.669. The molecule has 110 valence electrons. The van der Waals surface area contributed by atoms with Gasteiger partial charge in [-0.25, -0.2) is 0 Å². The van der Waals surface area contributed by atoms with Gasteiger partial charge in [-0.3, -0.25) is 9.59 Å². The van der Waals surface area contributed by atoms with Gasteiger partial charge in [0, 0.05) is 12.5 Å². The van der Waals surface area contributed by atoms with Crippen molar-refractivity contribution >= 4 is 27.8 Å². The number of rotatable bonds is 3. The van der Waals surface area contributed by atoms with Crippen LogP contribution < -0.4 is 5.32 Å². The fourth-order valence-corrected chi connectivity index (χ4v) is 5.28. The molecule has 4 rings (SSSR count). The van der Waals surface area contributed by atoms with Crippen molar-refractivity contribution in [3.8, 4) is 0 Å². The molecule has 1 heterocycles. The molecule has 2 saturated carbocycles. The number of nitrogens with one attached hydrogen (secondary N) is 1. The van der Waals surface area contributed by atoms with Crippen LogP contribution in [0.25, 0.3) is 0 Å². The number of carbonyl (C=O) groups is 2. The maximum atomic E-state index is 12.5. The van der Waals surface area contributed by atoms with Crippen LogP contribution in [-0.4, -0.2) is 22.8 Å². The lowest BCUT2D eigenvalue weighted by Gasteiger charge is -2.27. The second-order valence-electron chi connectivity index (χ2n) is 6.16. The minimum Gasteiger partial charge on any atom is -0.461 e. The van der Waals surface area contributed by atoms with Crippen LogP contribution in [0.15, 0.2) is 30.3 Å². The van der Waals surface area contributed by atoms with Gasteiger partial charge in [0.15, 0.2) is 0 Å². The molecule has 4 nitrogen and oxygen atoms in total. The first-order valence-electron chi connectivity index (χ1n) is 7.33. The average molecular weight is 350 g/mol. The lowest BCUT2D eigenvalue weighted by molar-refractivity contribution is -0.145. The van der Waals surface area contributed by atoms with Gasteiger partial charge in [-0.05, 0) is 17.9 Å². The summed E-state index contributed by atoms with van der Waals surface area (Å²) >= 11 is 3.62. The normalized spacial score (nSPS) is 39.4. The Hall–Kier alpha value is -1.36. The summed E-state index contributed by atoms with van der Waals surface area (Å²) in [7, 11) is 0. The van der Waals surface area contributed by atoms with Crippen LogP contribution in [0.1, 0.15) is 12.0 Å². The Bertz CT molecular complexity index is 590. The van der Waals surface area contributed by atoms with Crippen LogP contribution in [0.4, 0.5) is 0 Å². The van der Waals surface area contributed by atoms with Crippen LogP contribution in [0.3, 0.4) is 0 Å². The van der Waals surface area contributed by atoms with Gasteiger partial charge in [0.1, 0.15) is 6.10 Å². The van der Waals surface area contributed by atoms with Gasteiger partial charge in [0.05, 0.1) is 16.7 Å². The van der Waals surface area contributed by atoms with Crippen molar-refractivity contribution < 1.29 is 14.3 Å². The molecule has 5 heteroatoms. The molecular formula is C16H16BrNO3. The fourth-order valence-electron chi connectivity index (χ4n) is 4.23. The zero-order valence-electron chi connectivity index (χ0n) is 11.4. The first-order chi connectivity index (χ1) is 10.2.